The van der Waals surface area contributed by atoms with Crippen LogP contribution >= 0.6 is 15.9 Å². The molecular weight excluding hydrogens is 520 g/mol. The maximum atomic E-state index is 12.4. The maximum absolute atomic E-state index is 12.4. The van der Waals surface area contributed by atoms with E-state index in [0.717, 1.165) is 64.2 Å². The highest BCUT2D eigenvalue weighted by atomic mass is 79.9. The van der Waals surface area contributed by atoms with E-state index in [1.807, 2.05) is 0 Å². The molecule has 2 rings (SSSR count). The molecule has 1 N–H and O–H groups in total. The van der Waals surface area contributed by atoms with Crippen LogP contribution in [0, 0.1) is 0 Å². The van der Waals surface area contributed by atoms with E-state index in [-0.39, 0.29) is 29.4 Å². The molecule has 0 radical (unpaired) electrons. The number of ether oxygens (including phenoxy) is 3. The Kier molecular flexibility index (Phi) is 13.3. The summed E-state index contributed by atoms with van der Waals surface area (Å²) in [7, 11) is 0. The minimum Gasteiger partial charge on any atom is -0.463 e. The normalized spacial score (nSPS) is 19.6. The fourth-order valence-corrected chi connectivity index (χ4v) is 4.36. The van der Waals surface area contributed by atoms with Gasteiger partial charge >= 0.3 is 17.6 Å². The van der Waals surface area contributed by atoms with Crippen LogP contribution in [0.5, 0.6) is 0 Å². The highest BCUT2D eigenvalue weighted by molar-refractivity contribution is 9.10. The summed E-state index contributed by atoms with van der Waals surface area (Å²) in [6, 6.07) is 0. The highest BCUT2D eigenvalue weighted by Gasteiger charge is 2.40. The molecule has 0 spiro atoms. The maximum Gasteiger partial charge on any atom is 0.330 e. The summed E-state index contributed by atoms with van der Waals surface area (Å²) in [6.07, 6.45) is 10.3. The number of carbonyl (C=O) groups is 2. The third-order valence-electron chi connectivity index (χ3n) is 6.08. The fourth-order valence-electron chi connectivity index (χ4n) is 4.04. The largest absolute Gasteiger partial charge is 0.463 e. The molecule has 3 unspecified atom stereocenters. The van der Waals surface area contributed by atoms with Crippen molar-refractivity contribution in [1.82, 2.24) is 9.55 Å². The second-order valence-corrected chi connectivity index (χ2v) is 9.90. The Balaban J connectivity index is 1.97. The van der Waals surface area contributed by atoms with Crippen LogP contribution in [0.2, 0.25) is 0 Å². The van der Waals surface area contributed by atoms with Crippen molar-refractivity contribution in [2.75, 3.05) is 6.61 Å². The van der Waals surface area contributed by atoms with Crippen molar-refractivity contribution < 1.29 is 23.8 Å². The van der Waals surface area contributed by atoms with E-state index in [9.17, 15) is 19.2 Å². The summed E-state index contributed by atoms with van der Waals surface area (Å²) < 4.78 is 18.5. The van der Waals surface area contributed by atoms with Gasteiger partial charge in [-0.2, -0.15) is 0 Å². The van der Waals surface area contributed by atoms with E-state index in [1.165, 1.54) is 10.8 Å². The van der Waals surface area contributed by atoms with Gasteiger partial charge in [0.1, 0.15) is 25.0 Å². The quantitative estimate of drug-likeness (QED) is 0.229. The number of rotatable bonds is 16. The summed E-state index contributed by atoms with van der Waals surface area (Å²) in [5, 5.41) is 0. The van der Waals surface area contributed by atoms with Gasteiger partial charge in [0.15, 0.2) is 0 Å². The molecule has 9 nitrogen and oxygen atoms in total. The summed E-state index contributed by atoms with van der Waals surface area (Å²) in [5.41, 5.74) is -1.17. The molecule has 0 aromatic carbocycles. The van der Waals surface area contributed by atoms with Gasteiger partial charge in [-0.3, -0.25) is 23.9 Å². The van der Waals surface area contributed by atoms with Crippen molar-refractivity contribution >= 4 is 27.9 Å². The van der Waals surface area contributed by atoms with Gasteiger partial charge < -0.3 is 14.2 Å². The lowest BCUT2D eigenvalue weighted by Gasteiger charge is -2.19. The Morgan fingerprint density at radius 3 is 2.23 bits per heavy atom. The molecule has 3 atom stereocenters. The first-order chi connectivity index (χ1) is 16.8. The van der Waals surface area contributed by atoms with Gasteiger partial charge in [0.2, 0.25) is 0 Å². The summed E-state index contributed by atoms with van der Waals surface area (Å²) in [6.45, 7) is 4.20. The Hall–Kier alpha value is -1.94. The number of hydrogen-bond acceptors (Lipinski definition) is 7. The van der Waals surface area contributed by atoms with Gasteiger partial charge in [-0.15, -0.1) is 0 Å². The molecule has 1 saturated heterocycles. The van der Waals surface area contributed by atoms with E-state index in [4.69, 9.17) is 14.2 Å². The van der Waals surface area contributed by atoms with Crippen LogP contribution in [-0.2, 0) is 23.8 Å². The number of nitrogens with one attached hydrogen (secondary N) is 1. The summed E-state index contributed by atoms with van der Waals surface area (Å²) >= 11 is 3.12. The highest BCUT2D eigenvalue weighted by Crippen LogP contribution is 2.31. The Bertz CT molecular complexity index is 914. The third-order valence-corrected chi connectivity index (χ3v) is 6.64. The molecule has 198 valence electrons. The number of H-pyrrole nitrogens is 1. The molecule has 0 amide bonds. The van der Waals surface area contributed by atoms with E-state index in [0.29, 0.717) is 12.8 Å². The number of nitrogens with zero attached hydrogens (tertiary/aromatic N) is 1. The Morgan fingerprint density at radius 1 is 1.00 bits per heavy atom. The lowest BCUT2D eigenvalue weighted by atomic mass is 10.1. The average Bonchev–Trinajstić information content (AvgIpc) is 3.21. The van der Waals surface area contributed by atoms with Gasteiger partial charge in [-0.05, 0) is 28.8 Å². The van der Waals surface area contributed by atoms with Crippen molar-refractivity contribution in [3.63, 3.8) is 0 Å². The minimum atomic E-state index is -0.768. The van der Waals surface area contributed by atoms with E-state index < -0.39 is 29.7 Å². The number of aromatic amines is 1. The average molecular weight is 559 g/mol. The predicted molar refractivity (Wildman–Crippen MR) is 135 cm³/mol. The lowest BCUT2D eigenvalue weighted by molar-refractivity contribution is -0.158. The second-order valence-electron chi connectivity index (χ2n) is 9.05. The zero-order valence-electron chi connectivity index (χ0n) is 20.9. The second kappa shape index (κ2) is 15.9. The SMILES string of the molecule is CCCCCCCC(=O)OCC1OC(n2cc(Br)c(=O)[nH]c2=O)CC1OC(=O)CCCCCCC. The third kappa shape index (κ3) is 10.3. The number of esters is 2. The zero-order chi connectivity index (χ0) is 25.6. The molecule has 1 aliphatic rings. The van der Waals surface area contributed by atoms with Crippen LogP contribution in [0.1, 0.15) is 104 Å². The molecule has 1 aromatic rings. The molecule has 0 bridgehead atoms. The van der Waals surface area contributed by atoms with Crippen molar-refractivity contribution in [3.8, 4) is 0 Å². The summed E-state index contributed by atoms with van der Waals surface area (Å²) in [5.74, 6) is -0.656. The van der Waals surface area contributed by atoms with Crippen molar-refractivity contribution in [3.05, 3.63) is 31.5 Å². The van der Waals surface area contributed by atoms with Gasteiger partial charge in [0.05, 0.1) is 4.47 Å². The Morgan fingerprint density at radius 2 is 1.60 bits per heavy atom. The number of aromatic nitrogens is 2. The first-order valence-electron chi connectivity index (χ1n) is 12.9. The number of hydrogen-bond donors (Lipinski definition) is 1. The van der Waals surface area contributed by atoms with Crippen molar-refractivity contribution in [2.45, 2.75) is 116 Å². The van der Waals surface area contributed by atoms with Crippen molar-refractivity contribution in [2.24, 2.45) is 0 Å². The van der Waals surface area contributed by atoms with Gasteiger partial charge in [0.25, 0.3) is 5.56 Å². The molecule has 1 fully saturated rings. The van der Waals surface area contributed by atoms with Crippen molar-refractivity contribution in [1.29, 1.82) is 0 Å². The van der Waals surface area contributed by atoms with Crippen LogP contribution in [0.4, 0.5) is 0 Å². The molecular formula is C25H39BrN2O7. The van der Waals surface area contributed by atoms with Crippen LogP contribution in [0.3, 0.4) is 0 Å². The molecule has 1 aromatic heterocycles. The van der Waals surface area contributed by atoms with Crippen LogP contribution in [0.25, 0.3) is 0 Å². The van der Waals surface area contributed by atoms with Crippen LogP contribution < -0.4 is 11.2 Å². The van der Waals surface area contributed by atoms with Gasteiger partial charge in [-0.25, -0.2) is 4.79 Å². The summed E-state index contributed by atoms with van der Waals surface area (Å²) in [4.78, 5) is 50.9. The number of unbranched alkanes of at least 4 members (excludes halogenated alkanes) is 8. The van der Waals surface area contributed by atoms with E-state index in [1.54, 1.807) is 0 Å². The molecule has 2 heterocycles. The van der Waals surface area contributed by atoms with Gasteiger partial charge in [-0.1, -0.05) is 65.2 Å². The van der Waals surface area contributed by atoms with E-state index in [2.05, 4.69) is 34.8 Å². The molecule has 10 heteroatoms. The Labute approximate surface area is 215 Å². The predicted octanol–water partition coefficient (Wildman–Crippen LogP) is 4.76. The first-order valence-corrected chi connectivity index (χ1v) is 13.7. The van der Waals surface area contributed by atoms with Gasteiger partial charge in [0, 0.05) is 25.5 Å². The first kappa shape index (κ1) is 29.3. The topological polar surface area (TPSA) is 117 Å². The van der Waals surface area contributed by atoms with Crippen LogP contribution in [0.15, 0.2) is 20.3 Å². The lowest BCUT2D eigenvalue weighted by Crippen LogP contribution is -2.33. The standard InChI is InChI=1S/C25H39BrN2O7/c1-3-5-7-9-11-13-22(29)33-17-20-19(35-23(30)14-12-10-8-6-4-2)15-21(34-20)28-16-18(26)24(31)27-25(28)32/h16,19-21H,3-15,17H2,1-2H3,(H,27,31,32). The molecule has 1 aliphatic heterocycles. The number of carbonyl (C=O) groups excluding carboxylic acids is 2. The zero-order valence-corrected chi connectivity index (χ0v) is 22.5. The fraction of sp³-hybridized carbons (Fsp3) is 0.760. The molecule has 0 saturated carbocycles. The minimum absolute atomic E-state index is 0.0714. The molecule has 0 aliphatic carbocycles. The van der Waals surface area contributed by atoms with E-state index >= 15 is 0 Å². The van der Waals surface area contributed by atoms with Crippen LogP contribution in [-0.4, -0.2) is 40.3 Å². The monoisotopic (exact) mass is 558 g/mol. The smallest absolute Gasteiger partial charge is 0.330 e. The molecule has 35 heavy (non-hydrogen) atoms. The number of halogens is 1.